The molecule has 1 aromatic carbocycles. The highest BCUT2D eigenvalue weighted by Crippen LogP contribution is 2.15. The summed E-state index contributed by atoms with van der Waals surface area (Å²) in [6.07, 6.45) is 0.299. The maximum Gasteiger partial charge on any atom is 0.338 e. The predicted octanol–water partition coefficient (Wildman–Crippen LogP) is 2.50. The number of esters is 1. The molecular formula is C19H21N5O4. The summed E-state index contributed by atoms with van der Waals surface area (Å²) in [5.41, 5.74) is 0.676. The second-order valence-corrected chi connectivity index (χ2v) is 6.25. The lowest BCUT2D eigenvalue weighted by atomic mass is 10.2. The SMILES string of the molecule is CC(OC(=O)c1ccc(NC(=O)CC#N)cc1)C(=O)Nc1ccnn1C(C)C. The monoisotopic (exact) mass is 383 g/mol. The second kappa shape index (κ2) is 9.32. The number of nitriles is 1. The number of rotatable bonds is 7. The standard InChI is InChI=1S/C19H21N5O4/c1-12(2)24-16(9-11-21-24)23-18(26)13(3)28-19(27)14-4-6-15(7-5-14)22-17(25)8-10-20/h4-7,9,11-13H,8H2,1-3H3,(H,22,25)(H,23,26). The van der Waals surface area contributed by atoms with E-state index in [-0.39, 0.29) is 18.0 Å². The number of nitrogens with one attached hydrogen (secondary N) is 2. The maximum absolute atomic E-state index is 12.3. The first-order valence-electron chi connectivity index (χ1n) is 8.64. The van der Waals surface area contributed by atoms with Gasteiger partial charge < -0.3 is 15.4 Å². The highest BCUT2D eigenvalue weighted by atomic mass is 16.5. The Hall–Kier alpha value is -3.67. The molecule has 1 heterocycles. The molecule has 0 aliphatic carbocycles. The first-order valence-corrected chi connectivity index (χ1v) is 8.64. The van der Waals surface area contributed by atoms with E-state index >= 15 is 0 Å². The van der Waals surface area contributed by atoms with E-state index in [4.69, 9.17) is 10.00 Å². The Morgan fingerprint density at radius 1 is 1.14 bits per heavy atom. The molecule has 0 fully saturated rings. The summed E-state index contributed by atoms with van der Waals surface area (Å²) in [6.45, 7) is 5.33. The van der Waals surface area contributed by atoms with Crippen molar-refractivity contribution in [2.24, 2.45) is 0 Å². The van der Waals surface area contributed by atoms with Crippen LogP contribution in [0.2, 0.25) is 0 Å². The summed E-state index contributed by atoms with van der Waals surface area (Å²) in [6, 6.07) is 9.41. The number of anilines is 2. The van der Waals surface area contributed by atoms with Crippen molar-refractivity contribution in [3.8, 4) is 6.07 Å². The van der Waals surface area contributed by atoms with Crippen LogP contribution in [0.4, 0.5) is 11.5 Å². The van der Waals surface area contributed by atoms with Crippen molar-refractivity contribution in [2.45, 2.75) is 39.3 Å². The molecule has 1 unspecified atom stereocenters. The molecular weight excluding hydrogens is 362 g/mol. The molecule has 9 nitrogen and oxygen atoms in total. The summed E-state index contributed by atoms with van der Waals surface area (Å²) >= 11 is 0. The molecule has 9 heteroatoms. The molecule has 2 amide bonds. The van der Waals surface area contributed by atoms with E-state index in [1.54, 1.807) is 23.0 Å². The normalized spacial score (nSPS) is 11.4. The maximum atomic E-state index is 12.3. The zero-order valence-electron chi connectivity index (χ0n) is 15.8. The third kappa shape index (κ3) is 5.41. The number of aromatic nitrogens is 2. The van der Waals surface area contributed by atoms with Crippen LogP contribution in [0.15, 0.2) is 36.5 Å². The van der Waals surface area contributed by atoms with E-state index < -0.39 is 23.9 Å². The number of hydrogen-bond acceptors (Lipinski definition) is 6. The summed E-state index contributed by atoms with van der Waals surface area (Å²) < 4.78 is 6.84. The highest BCUT2D eigenvalue weighted by Gasteiger charge is 2.20. The van der Waals surface area contributed by atoms with Gasteiger partial charge in [-0.25, -0.2) is 9.48 Å². The van der Waals surface area contributed by atoms with Crippen LogP contribution in [-0.2, 0) is 14.3 Å². The third-order valence-electron chi connectivity index (χ3n) is 3.71. The van der Waals surface area contributed by atoms with Gasteiger partial charge in [0, 0.05) is 17.8 Å². The molecule has 0 bridgehead atoms. The van der Waals surface area contributed by atoms with Gasteiger partial charge in [0.05, 0.1) is 17.8 Å². The Labute approximate surface area is 162 Å². The fourth-order valence-corrected chi connectivity index (χ4v) is 2.30. The van der Waals surface area contributed by atoms with E-state index in [0.717, 1.165) is 0 Å². The van der Waals surface area contributed by atoms with Crippen LogP contribution in [0.25, 0.3) is 0 Å². The average Bonchev–Trinajstić information content (AvgIpc) is 3.10. The van der Waals surface area contributed by atoms with Crippen LogP contribution in [0.5, 0.6) is 0 Å². The smallest absolute Gasteiger partial charge is 0.338 e. The van der Waals surface area contributed by atoms with E-state index in [1.807, 2.05) is 13.8 Å². The van der Waals surface area contributed by atoms with Crippen molar-refractivity contribution in [1.82, 2.24) is 9.78 Å². The summed E-state index contributed by atoms with van der Waals surface area (Å²) in [4.78, 5) is 35.9. The van der Waals surface area contributed by atoms with Gasteiger partial charge in [-0.1, -0.05) is 0 Å². The minimum atomic E-state index is -1.02. The number of carbonyl (C=O) groups is 3. The van der Waals surface area contributed by atoms with Gasteiger partial charge in [0.1, 0.15) is 12.2 Å². The number of carbonyl (C=O) groups excluding carboxylic acids is 3. The lowest BCUT2D eigenvalue weighted by Crippen LogP contribution is -2.31. The Balaban J connectivity index is 1.94. The summed E-state index contributed by atoms with van der Waals surface area (Å²) in [7, 11) is 0. The number of benzene rings is 1. The van der Waals surface area contributed by atoms with Gasteiger partial charge in [-0.3, -0.25) is 9.59 Å². The molecule has 0 spiro atoms. The molecule has 0 saturated heterocycles. The minimum Gasteiger partial charge on any atom is -0.449 e. The van der Waals surface area contributed by atoms with E-state index in [2.05, 4.69) is 15.7 Å². The van der Waals surface area contributed by atoms with Gasteiger partial charge in [-0.15, -0.1) is 0 Å². The van der Waals surface area contributed by atoms with Crippen molar-refractivity contribution in [2.75, 3.05) is 10.6 Å². The topological polar surface area (TPSA) is 126 Å². The predicted molar refractivity (Wildman–Crippen MR) is 101 cm³/mol. The van der Waals surface area contributed by atoms with Crippen molar-refractivity contribution in [3.05, 3.63) is 42.1 Å². The third-order valence-corrected chi connectivity index (χ3v) is 3.71. The molecule has 0 saturated carbocycles. The van der Waals surface area contributed by atoms with Crippen LogP contribution >= 0.6 is 0 Å². The van der Waals surface area contributed by atoms with Crippen molar-refractivity contribution >= 4 is 29.3 Å². The van der Waals surface area contributed by atoms with Crippen molar-refractivity contribution < 1.29 is 19.1 Å². The summed E-state index contributed by atoms with van der Waals surface area (Å²) in [5.74, 6) is -1.07. The van der Waals surface area contributed by atoms with Crippen molar-refractivity contribution in [3.63, 3.8) is 0 Å². The zero-order valence-corrected chi connectivity index (χ0v) is 15.8. The van der Waals surface area contributed by atoms with Gasteiger partial charge in [-0.05, 0) is 45.0 Å². The number of nitrogens with zero attached hydrogens (tertiary/aromatic N) is 3. The van der Waals surface area contributed by atoms with Gasteiger partial charge in [0.25, 0.3) is 5.91 Å². The van der Waals surface area contributed by atoms with E-state index in [1.165, 1.54) is 31.2 Å². The van der Waals surface area contributed by atoms with Gasteiger partial charge >= 0.3 is 5.97 Å². The molecule has 0 aliphatic heterocycles. The average molecular weight is 383 g/mol. The molecule has 2 rings (SSSR count). The van der Waals surface area contributed by atoms with Crippen LogP contribution in [0.1, 0.15) is 43.6 Å². The largest absolute Gasteiger partial charge is 0.449 e. The van der Waals surface area contributed by atoms with E-state index in [0.29, 0.717) is 11.5 Å². The number of hydrogen-bond donors (Lipinski definition) is 2. The highest BCUT2D eigenvalue weighted by molar-refractivity contribution is 5.97. The molecule has 28 heavy (non-hydrogen) atoms. The Kier molecular flexibility index (Phi) is 6.87. The van der Waals surface area contributed by atoms with Crippen LogP contribution in [-0.4, -0.2) is 33.7 Å². The fraction of sp³-hybridized carbons (Fsp3) is 0.316. The minimum absolute atomic E-state index is 0.0651. The molecule has 2 N–H and O–H groups in total. The van der Waals surface area contributed by atoms with Gasteiger partial charge in [0.15, 0.2) is 6.10 Å². The molecule has 1 aromatic heterocycles. The van der Waals surface area contributed by atoms with Gasteiger partial charge in [-0.2, -0.15) is 10.4 Å². The van der Waals surface area contributed by atoms with Crippen LogP contribution in [0.3, 0.4) is 0 Å². The van der Waals surface area contributed by atoms with Crippen LogP contribution in [0, 0.1) is 11.3 Å². The first kappa shape index (κ1) is 20.6. The zero-order chi connectivity index (χ0) is 20.7. The summed E-state index contributed by atoms with van der Waals surface area (Å²) in [5, 5.41) is 17.8. The van der Waals surface area contributed by atoms with Crippen LogP contribution < -0.4 is 10.6 Å². The van der Waals surface area contributed by atoms with Crippen molar-refractivity contribution in [1.29, 1.82) is 5.26 Å². The number of amides is 2. The molecule has 1 atom stereocenters. The van der Waals surface area contributed by atoms with Gasteiger partial charge in [0.2, 0.25) is 5.91 Å². The Bertz CT molecular complexity index is 896. The lowest BCUT2D eigenvalue weighted by molar-refractivity contribution is -0.123. The Morgan fingerprint density at radius 2 is 1.82 bits per heavy atom. The Morgan fingerprint density at radius 3 is 2.43 bits per heavy atom. The first-order chi connectivity index (χ1) is 13.3. The molecule has 0 radical (unpaired) electrons. The fourth-order valence-electron chi connectivity index (χ4n) is 2.30. The molecule has 0 aliphatic rings. The van der Waals surface area contributed by atoms with E-state index in [9.17, 15) is 14.4 Å². The quantitative estimate of drug-likeness (QED) is 0.708. The lowest BCUT2D eigenvalue weighted by Gasteiger charge is -2.16. The number of ether oxygens (including phenoxy) is 1. The second-order valence-electron chi connectivity index (χ2n) is 6.25. The molecule has 2 aromatic rings. The molecule has 146 valence electrons.